The number of methoxy groups -OCH3 is 3. The summed E-state index contributed by atoms with van der Waals surface area (Å²) in [6.45, 7) is 4.12. The molecular formula is C27H37NO6. The van der Waals surface area contributed by atoms with Gasteiger partial charge in [0.1, 0.15) is 18.1 Å². The van der Waals surface area contributed by atoms with Crippen molar-refractivity contribution in [2.24, 2.45) is 0 Å². The van der Waals surface area contributed by atoms with Crippen LogP contribution in [0.3, 0.4) is 0 Å². The lowest BCUT2D eigenvalue weighted by molar-refractivity contribution is 0.148. The minimum atomic E-state index is -0.776. The number of piperidine rings is 1. The zero-order valence-corrected chi connectivity index (χ0v) is 20.6. The van der Waals surface area contributed by atoms with Crippen LogP contribution in [0.25, 0.3) is 0 Å². The van der Waals surface area contributed by atoms with Gasteiger partial charge in [0, 0.05) is 18.5 Å². The zero-order valence-electron chi connectivity index (χ0n) is 20.6. The molecule has 0 spiro atoms. The Morgan fingerprint density at radius 3 is 2.35 bits per heavy atom. The number of fused-ring (bicyclic) bond motifs is 1. The lowest BCUT2D eigenvalue weighted by Crippen LogP contribution is -2.33. The molecule has 1 unspecified atom stereocenters. The highest BCUT2D eigenvalue weighted by atomic mass is 16.5. The number of aliphatic hydroxyl groups is 1. The van der Waals surface area contributed by atoms with Crippen LogP contribution in [0.1, 0.15) is 48.5 Å². The topological polar surface area (TPSA) is 69.6 Å². The largest absolute Gasteiger partial charge is 0.497 e. The van der Waals surface area contributed by atoms with E-state index in [9.17, 15) is 5.11 Å². The first kappa shape index (κ1) is 24.5. The average Bonchev–Trinajstić information content (AvgIpc) is 3.37. The van der Waals surface area contributed by atoms with Crippen LogP contribution in [-0.4, -0.2) is 64.2 Å². The van der Waals surface area contributed by atoms with Crippen LogP contribution < -0.4 is 23.7 Å². The van der Waals surface area contributed by atoms with E-state index in [0.29, 0.717) is 61.0 Å². The molecule has 1 fully saturated rings. The lowest BCUT2D eigenvalue weighted by Gasteiger charge is -2.27. The highest BCUT2D eigenvalue weighted by Crippen LogP contribution is 2.53. The van der Waals surface area contributed by atoms with Crippen molar-refractivity contribution in [1.82, 2.24) is 4.90 Å². The molecular weight excluding hydrogens is 434 g/mol. The molecule has 34 heavy (non-hydrogen) atoms. The first-order valence-electron chi connectivity index (χ1n) is 12.3. The van der Waals surface area contributed by atoms with E-state index in [-0.39, 0.29) is 0 Å². The molecule has 2 aliphatic heterocycles. The van der Waals surface area contributed by atoms with Gasteiger partial charge in [0.05, 0.1) is 39.6 Å². The number of aliphatic hydroxyl groups excluding tert-OH is 1. The standard InChI is InChI=1S/C27H37NO6/c1-30-20-10-7-19(8-11-20)9-12-22(29)23-24(31-2)21-13-17-33-25(21)27(32-3)26(23)34-18-16-28-14-5-4-6-15-28/h7-8,10-11,22,29H,4-6,9,12-18H2,1-3H3. The molecule has 0 aromatic heterocycles. The van der Waals surface area contributed by atoms with Gasteiger partial charge in [-0.15, -0.1) is 0 Å². The maximum atomic E-state index is 11.4. The van der Waals surface area contributed by atoms with Crippen molar-refractivity contribution in [3.8, 4) is 28.7 Å². The first-order valence-corrected chi connectivity index (χ1v) is 12.3. The Kier molecular flexibility index (Phi) is 8.40. The van der Waals surface area contributed by atoms with Crippen LogP contribution in [-0.2, 0) is 12.8 Å². The van der Waals surface area contributed by atoms with E-state index in [1.165, 1.54) is 19.3 Å². The predicted octanol–water partition coefficient (Wildman–Crippen LogP) is 4.18. The van der Waals surface area contributed by atoms with Crippen molar-refractivity contribution in [3.63, 3.8) is 0 Å². The van der Waals surface area contributed by atoms with E-state index in [0.717, 1.165) is 36.5 Å². The summed E-state index contributed by atoms with van der Waals surface area (Å²) in [4.78, 5) is 2.43. The van der Waals surface area contributed by atoms with Gasteiger partial charge in [-0.2, -0.15) is 0 Å². The van der Waals surface area contributed by atoms with E-state index in [4.69, 9.17) is 23.7 Å². The highest BCUT2D eigenvalue weighted by molar-refractivity contribution is 5.68. The third-order valence-electron chi connectivity index (χ3n) is 6.76. The van der Waals surface area contributed by atoms with Gasteiger partial charge in [0.15, 0.2) is 11.5 Å². The van der Waals surface area contributed by atoms with Crippen molar-refractivity contribution in [1.29, 1.82) is 0 Å². The van der Waals surface area contributed by atoms with Crippen molar-refractivity contribution in [3.05, 3.63) is 41.0 Å². The number of nitrogens with zero attached hydrogens (tertiary/aromatic N) is 1. The Bertz CT molecular complexity index is 939. The molecule has 2 aromatic carbocycles. The predicted molar refractivity (Wildman–Crippen MR) is 131 cm³/mol. The number of likely N-dealkylation sites (tertiary alicyclic amines) is 1. The summed E-state index contributed by atoms with van der Waals surface area (Å²) in [5.74, 6) is 3.20. The summed E-state index contributed by atoms with van der Waals surface area (Å²) in [5, 5.41) is 11.4. The molecule has 2 aromatic rings. The monoisotopic (exact) mass is 471 g/mol. The van der Waals surface area contributed by atoms with Crippen LogP contribution >= 0.6 is 0 Å². The Balaban J connectivity index is 1.58. The van der Waals surface area contributed by atoms with E-state index in [1.807, 2.05) is 24.3 Å². The third-order valence-corrected chi connectivity index (χ3v) is 6.76. The van der Waals surface area contributed by atoms with Crippen LogP contribution in [0.15, 0.2) is 24.3 Å². The molecule has 0 amide bonds. The van der Waals surface area contributed by atoms with Crippen molar-refractivity contribution in [2.45, 2.75) is 44.6 Å². The lowest BCUT2D eigenvalue weighted by atomic mass is 9.95. The van der Waals surface area contributed by atoms with E-state index in [1.54, 1.807) is 21.3 Å². The van der Waals surface area contributed by atoms with Crippen molar-refractivity contribution < 1.29 is 28.8 Å². The van der Waals surface area contributed by atoms with E-state index >= 15 is 0 Å². The molecule has 1 atom stereocenters. The molecule has 0 saturated carbocycles. The molecule has 186 valence electrons. The summed E-state index contributed by atoms with van der Waals surface area (Å²) in [7, 11) is 4.91. The summed E-state index contributed by atoms with van der Waals surface area (Å²) in [5.41, 5.74) is 2.71. The molecule has 0 radical (unpaired) electrons. The summed E-state index contributed by atoms with van der Waals surface area (Å²) in [6.07, 6.45) is 4.93. The summed E-state index contributed by atoms with van der Waals surface area (Å²) < 4.78 is 29.1. The number of ether oxygens (including phenoxy) is 5. The van der Waals surface area contributed by atoms with E-state index < -0.39 is 6.10 Å². The van der Waals surface area contributed by atoms with Crippen LogP contribution in [0.4, 0.5) is 0 Å². The maximum absolute atomic E-state index is 11.4. The molecule has 2 aliphatic rings. The quantitative estimate of drug-likeness (QED) is 0.527. The van der Waals surface area contributed by atoms with Crippen LogP contribution in [0, 0.1) is 0 Å². The molecule has 1 saturated heterocycles. The highest BCUT2D eigenvalue weighted by Gasteiger charge is 2.33. The minimum Gasteiger partial charge on any atom is -0.497 e. The Morgan fingerprint density at radius 2 is 1.68 bits per heavy atom. The summed E-state index contributed by atoms with van der Waals surface area (Å²) >= 11 is 0. The van der Waals surface area contributed by atoms with Gasteiger partial charge in [0.25, 0.3) is 0 Å². The summed E-state index contributed by atoms with van der Waals surface area (Å²) in [6, 6.07) is 7.92. The van der Waals surface area contributed by atoms with Crippen molar-refractivity contribution >= 4 is 0 Å². The molecule has 0 bridgehead atoms. The van der Waals surface area contributed by atoms with Gasteiger partial charge in [-0.1, -0.05) is 18.6 Å². The SMILES string of the molecule is COc1ccc(CCC(O)c2c(OC)c3c(c(OC)c2OCCN2CCCCC2)OCC3)cc1. The average molecular weight is 472 g/mol. The molecule has 4 rings (SSSR count). The van der Waals surface area contributed by atoms with Gasteiger partial charge < -0.3 is 28.8 Å². The fourth-order valence-corrected chi connectivity index (χ4v) is 4.93. The second kappa shape index (κ2) is 11.7. The molecule has 7 heteroatoms. The first-order chi connectivity index (χ1) is 16.7. The number of aryl methyl sites for hydroxylation is 1. The van der Waals surface area contributed by atoms with Gasteiger partial charge in [-0.05, 0) is 56.5 Å². The van der Waals surface area contributed by atoms with Gasteiger partial charge in [-0.25, -0.2) is 0 Å². The molecule has 1 N–H and O–H groups in total. The fraction of sp³-hybridized carbons (Fsp3) is 0.556. The number of rotatable bonds is 11. The number of hydrogen-bond acceptors (Lipinski definition) is 7. The minimum absolute atomic E-state index is 0.510. The Labute approximate surface area is 202 Å². The fourth-order valence-electron chi connectivity index (χ4n) is 4.93. The second-order valence-corrected chi connectivity index (χ2v) is 8.87. The van der Waals surface area contributed by atoms with Crippen LogP contribution in [0.2, 0.25) is 0 Å². The molecule has 2 heterocycles. The smallest absolute Gasteiger partial charge is 0.204 e. The van der Waals surface area contributed by atoms with Gasteiger partial charge in [-0.3, -0.25) is 4.90 Å². The zero-order chi connectivity index (χ0) is 23.9. The Morgan fingerprint density at radius 1 is 0.941 bits per heavy atom. The molecule has 7 nitrogen and oxygen atoms in total. The second-order valence-electron chi connectivity index (χ2n) is 8.87. The van der Waals surface area contributed by atoms with Crippen LogP contribution in [0.5, 0.6) is 28.7 Å². The van der Waals surface area contributed by atoms with Gasteiger partial charge >= 0.3 is 0 Å². The van der Waals surface area contributed by atoms with E-state index in [2.05, 4.69) is 4.90 Å². The van der Waals surface area contributed by atoms with Gasteiger partial charge in [0.2, 0.25) is 5.75 Å². The third kappa shape index (κ3) is 5.36. The van der Waals surface area contributed by atoms with Crippen molar-refractivity contribution in [2.75, 3.05) is 54.2 Å². The number of hydrogen-bond donors (Lipinski definition) is 1. The normalized spacial score (nSPS) is 16.5. The maximum Gasteiger partial charge on any atom is 0.204 e. The number of benzene rings is 2. The molecule has 0 aliphatic carbocycles. The Hall–Kier alpha value is -2.64.